The Kier molecular flexibility index (Phi) is 3.32. The molecule has 0 saturated carbocycles. The molecule has 0 spiro atoms. The van der Waals surface area contributed by atoms with E-state index >= 15 is 0 Å². The van der Waals surface area contributed by atoms with Crippen molar-refractivity contribution in [2.75, 3.05) is 0 Å². The largest absolute Gasteiger partial charge is 0.508 e. The SMILES string of the molecule is Cc1cc(O)cc2c1C(c1scnc1C)=C(c1cccnc1)C2=O. The van der Waals surface area contributed by atoms with Crippen LogP contribution in [0.15, 0.2) is 42.2 Å². The Morgan fingerprint density at radius 1 is 1.17 bits per heavy atom. The minimum absolute atomic E-state index is 0.0835. The molecule has 1 aromatic carbocycles. The zero-order valence-corrected chi connectivity index (χ0v) is 14.0. The Morgan fingerprint density at radius 3 is 2.67 bits per heavy atom. The van der Waals surface area contributed by atoms with Gasteiger partial charge in [0.2, 0.25) is 0 Å². The summed E-state index contributed by atoms with van der Waals surface area (Å²) in [7, 11) is 0. The van der Waals surface area contributed by atoms with Crippen LogP contribution in [0.3, 0.4) is 0 Å². The lowest BCUT2D eigenvalue weighted by atomic mass is 9.96. The summed E-state index contributed by atoms with van der Waals surface area (Å²) in [5, 5.41) is 9.93. The van der Waals surface area contributed by atoms with Crippen molar-refractivity contribution in [2.24, 2.45) is 0 Å². The number of hydrogen-bond donors (Lipinski definition) is 1. The van der Waals surface area contributed by atoms with Gasteiger partial charge in [-0.15, -0.1) is 11.3 Å². The van der Waals surface area contributed by atoms with Crippen molar-refractivity contribution in [2.45, 2.75) is 13.8 Å². The Bertz CT molecular complexity index is 1000. The molecule has 1 N–H and O–H groups in total. The highest BCUT2D eigenvalue weighted by Crippen LogP contribution is 2.46. The summed E-state index contributed by atoms with van der Waals surface area (Å²) in [4.78, 5) is 22.6. The van der Waals surface area contributed by atoms with Crippen LogP contribution in [0.2, 0.25) is 0 Å². The molecule has 0 bridgehead atoms. The fourth-order valence-electron chi connectivity index (χ4n) is 3.21. The standard InChI is InChI=1S/C19H14N2O2S/c1-10-6-13(22)7-14-15(10)17(19-11(2)21-9-24-19)16(18(14)23)12-4-3-5-20-8-12/h3-9,22H,1-2H3. The monoisotopic (exact) mass is 334 g/mol. The number of Topliss-reactive ketones (excluding diaryl/α,β-unsaturated/α-hetero) is 1. The van der Waals surface area contributed by atoms with Gasteiger partial charge in [-0.05, 0) is 43.2 Å². The highest BCUT2D eigenvalue weighted by Gasteiger charge is 2.34. The van der Waals surface area contributed by atoms with Crippen molar-refractivity contribution >= 4 is 28.3 Å². The van der Waals surface area contributed by atoms with Crippen LogP contribution in [0.1, 0.15) is 37.6 Å². The second kappa shape index (κ2) is 5.39. The van der Waals surface area contributed by atoms with Crippen molar-refractivity contribution in [1.82, 2.24) is 9.97 Å². The van der Waals surface area contributed by atoms with Gasteiger partial charge < -0.3 is 5.11 Å². The molecule has 0 radical (unpaired) electrons. The molecule has 4 nitrogen and oxygen atoms in total. The summed E-state index contributed by atoms with van der Waals surface area (Å²) < 4.78 is 0. The lowest BCUT2D eigenvalue weighted by Crippen LogP contribution is -1.99. The number of fused-ring (bicyclic) bond motifs is 1. The maximum absolute atomic E-state index is 13.1. The van der Waals surface area contributed by atoms with Crippen molar-refractivity contribution < 1.29 is 9.90 Å². The van der Waals surface area contributed by atoms with Crippen molar-refractivity contribution in [3.63, 3.8) is 0 Å². The van der Waals surface area contributed by atoms with Gasteiger partial charge in [0, 0.05) is 34.7 Å². The van der Waals surface area contributed by atoms with Gasteiger partial charge in [-0.2, -0.15) is 0 Å². The maximum Gasteiger partial charge on any atom is 0.195 e. The number of hydrogen-bond acceptors (Lipinski definition) is 5. The number of pyridine rings is 1. The van der Waals surface area contributed by atoms with E-state index in [1.165, 1.54) is 11.3 Å². The number of carbonyl (C=O) groups excluding carboxylic acids is 1. The van der Waals surface area contributed by atoms with Crippen LogP contribution in [0, 0.1) is 13.8 Å². The number of phenolic OH excluding ortho intramolecular Hbond substituents is 1. The van der Waals surface area contributed by atoms with Gasteiger partial charge in [-0.3, -0.25) is 9.78 Å². The number of carbonyl (C=O) groups is 1. The molecule has 0 atom stereocenters. The second-order valence-electron chi connectivity index (χ2n) is 5.77. The normalized spacial score (nSPS) is 13.5. The highest BCUT2D eigenvalue weighted by molar-refractivity contribution is 7.11. The Labute approximate surface area is 143 Å². The molecule has 0 saturated heterocycles. The molecular weight excluding hydrogens is 320 g/mol. The third kappa shape index (κ3) is 2.09. The summed E-state index contributed by atoms with van der Waals surface area (Å²) in [5.74, 6) is 0.0206. The molecule has 0 amide bonds. The van der Waals surface area contributed by atoms with Gasteiger partial charge >= 0.3 is 0 Å². The number of benzene rings is 1. The van der Waals surface area contributed by atoms with E-state index in [4.69, 9.17) is 0 Å². The predicted octanol–water partition coefficient (Wildman–Crippen LogP) is 4.02. The first-order valence-electron chi connectivity index (χ1n) is 7.51. The zero-order chi connectivity index (χ0) is 16.8. The number of allylic oxidation sites excluding steroid dienone is 1. The molecule has 0 unspecified atom stereocenters. The molecule has 3 aromatic rings. The number of ketones is 1. The number of nitrogens with zero attached hydrogens (tertiary/aromatic N) is 2. The summed E-state index contributed by atoms with van der Waals surface area (Å²) in [5.41, 5.74) is 7.26. The maximum atomic E-state index is 13.1. The van der Waals surface area contributed by atoms with Crippen LogP contribution in [-0.4, -0.2) is 20.9 Å². The number of aryl methyl sites for hydroxylation is 2. The van der Waals surface area contributed by atoms with E-state index < -0.39 is 0 Å². The van der Waals surface area contributed by atoms with Gasteiger partial charge in [0.15, 0.2) is 5.78 Å². The fourth-order valence-corrected chi connectivity index (χ4v) is 4.07. The summed E-state index contributed by atoms with van der Waals surface area (Å²) in [6.07, 6.45) is 3.38. The zero-order valence-electron chi connectivity index (χ0n) is 13.2. The Morgan fingerprint density at radius 2 is 2.00 bits per heavy atom. The first-order chi connectivity index (χ1) is 11.6. The van der Waals surface area contributed by atoms with Gasteiger partial charge in [0.1, 0.15) is 5.75 Å². The predicted molar refractivity (Wildman–Crippen MR) is 94.2 cm³/mol. The first kappa shape index (κ1) is 14.8. The third-order valence-corrected chi connectivity index (χ3v) is 5.16. The van der Waals surface area contributed by atoms with Gasteiger partial charge in [-0.1, -0.05) is 6.07 Å². The minimum atomic E-state index is -0.0835. The molecule has 1 aliphatic carbocycles. The van der Waals surface area contributed by atoms with Gasteiger partial charge in [-0.25, -0.2) is 4.98 Å². The van der Waals surface area contributed by atoms with Crippen molar-refractivity contribution in [3.05, 3.63) is 75.0 Å². The third-order valence-electron chi connectivity index (χ3n) is 4.21. The van der Waals surface area contributed by atoms with Crippen LogP contribution < -0.4 is 0 Å². The molecule has 118 valence electrons. The summed E-state index contributed by atoms with van der Waals surface area (Å²) in [6.45, 7) is 3.85. The molecule has 0 fully saturated rings. The van der Waals surface area contributed by atoms with Gasteiger partial charge in [0.25, 0.3) is 0 Å². The van der Waals surface area contributed by atoms with Crippen LogP contribution in [0.25, 0.3) is 11.1 Å². The average Bonchev–Trinajstić information content (AvgIpc) is 3.10. The first-order valence-corrected chi connectivity index (χ1v) is 8.39. The summed E-state index contributed by atoms with van der Waals surface area (Å²) >= 11 is 1.52. The minimum Gasteiger partial charge on any atom is -0.508 e. The van der Waals surface area contributed by atoms with E-state index in [0.29, 0.717) is 11.1 Å². The number of aromatic nitrogens is 2. The number of phenols is 1. The van der Waals surface area contributed by atoms with E-state index in [1.807, 2.05) is 26.0 Å². The van der Waals surface area contributed by atoms with E-state index in [-0.39, 0.29) is 11.5 Å². The molecule has 0 aliphatic heterocycles. The highest BCUT2D eigenvalue weighted by atomic mass is 32.1. The van der Waals surface area contributed by atoms with E-state index in [1.54, 1.807) is 30.0 Å². The van der Waals surface area contributed by atoms with Crippen LogP contribution in [-0.2, 0) is 0 Å². The lowest BCUT2D eigenvalue weighted by Gasteiger charge is -2.09. The lowest BCUT2D eigenvalue weighted by molar-refractivity contribution is 0.105. The quantitative estimate of drug-likeness (QED) is 0.769. The smallest absolute Gasteiger partial charge is 0.195 e. The molecule has 2 heterocycles. The molecule has 2 aromatic heterocycles. The number of aromatic hydroxyl groups is 1. The number of thiazole rings is 1. The number of rotatable bonds is 2. The average molecular weight is 334 g/mol. The van der Waals surface area contributed by atoms with E-state index in [2.05, 4.69) is 9.97 Å². The Hall–Kier alpha value is -2.79. The van der Waals surface area contributed by atoms with Gasteiger partial charge in [0.05, 0.1) is 16.1 Å². The molecule has 4 rings (SSSR count). The van der Waals surface area contributed by atoms with Crippen LogP contribution >= 0.6 is 11.3 Å². The molecule has 1 aliphatic rings. The van der Waals surface area contributed by atoms with E-state index in [0.717, 1.165) is 32.8 Å². The molecule has 24 heavy (non-hydrogen) atoms. The van der Waals surface area contributed by atoms with Crippen LogP contribution in [0.5, 0.6) is 5.75 Å². The molecular formula is C19H14N2O2S. The second-order valence-corrected chi connectivity index (χ2v) is 6.63. The Balaban J connectivity index is 2.10. The van der Waals surface area contributed by atoms with Crippen LogP contribution in [0.4, 0.5) is 0 Å². The van der Waals surface area contributed by atoms with Crippen molar-refractivity contribution in [1.29, 1.82) is 0 Å². The van der Waals surface area contributed by atoms with E-state index in [9.17, 15) is 9.90 Å². The summed E-state index contributed by atoms with van der Waals surface area (Å²) in [6, 6.07) is 6.94. The topological polar surface area (TPSA) is 63.1 Å². The van der Waals surface area contributed by atoms with Crippen molar-refractivity contribution in [3.8, 4) is 5.75 Å². The molecule has 5 heteroatoms. The fraction of sp³-hybridized carbons (Fsp3) is 0.105.